The van der Waals surface area contributed by atoms with Gasteiger partial charge in [-0.3, -0.25) is 0 Å². The third-order valence-electron chi connectivity index (χ3n) is 3.59. The predicted octanol–water partition coefficient (Wildman–Crippen LogP) is 2.30. The fourth-order valence-corrected chi connectivity index (χ4v) is 2.96. The summed E-state index contributed by atoms with van der Waals surface area (Å²) in [6.07, 6.45) is 5.11. The zero-order valence-corrected chi connectivity index (χ0v) is 11.1. The summed E-state index contributed by atoms with van der Waals surface area (Å²) in [6, 6.07) is 10.9. The number of hydrogen-bond acceptors (Lipinski definition) is 2. The van der Waals surface area contributed by atoms with Crippen molar-refractivity contribution in [2.45, 2.75) is 31.2 Å². The van der Waals surface area contributed by atoms with Gasteiger partial charge >= 0.3 is 0 Å². The van der Waals surface area contributed by atoms with Crippen LogP contribution in [0.5, 0.6) is 0 Å². The maximum Gasteiger partial charge on any atom is 0.0349 e. The summed E-state index contributed by atoms with van der Waals surface area (Å²) in [5, 5.41) is 3.77. The standard InChI is InChI=1S/C15H24N2/c1-17(2)13-15(10-6-7-11-16-15)12-14-8-4-3-5-9-14/h3-5,8-9,16H,6-7,10-13H2,1-2H3. The largest absolute Gasteiger partial charge is 0.310 e. The third kappa shape index (κ3) is 3.55. The number of nitrogens with zero attached hydrogens (tertiary/aromatic N) is 1. The summed E-state index contributed by atoms with van der Waals surface area (Å²) in [5.41, 5.74) is 1.73. The van der Waals surface area contributed by atoms with Gasteiger partial charge in [0.15, 0.2) is 0 Å². The highest BCUT2D eigenvalue weighted by molar-refractivity contribution is 5.18. The molecule has 1 heterocycles. The van der Waals surface area contributed by atoms with Gasteiger partial charge in [0.2, 0.25) is 0 Å². The molecule has 1 aromatic carbocycles. The Labute approximate surface area is 105 Å². The van der Waals surface area contributed by atoms with E-state index in [1.807, 2.05) is 0 Å². The molecule has 0 bridgehead atoms. The van der Waals surface area contributed by atoms with Gasteiger partial charge in [-0.2, -0.15) is 0 Å². The van der Waals surface area contributed by atoms with E-state index in [0.717, 1.165) is 13.0 Å². The van der Waals surface area contributed by atoms with Crippen LogP contribution < -0.4 is 5.32 Å². The van der Waals surface area contributed by atoms with Gasteiger partial charge in [-0.15, -0.1) is 0 Å². The molecule has 1 fully saturated rings. The van der Waals surface area contributed by atoms with Crippen LogP contribution in [0.4, 0.5) is 0 Å². The molecule has 1 atom stereocenters. The molecule has 94 valence electrons. The van der Waals surface area contributed by atoms with Gasteiger partial charge in [-0.1, -0.05) is 36.8 Å². The predicted molar refractivity (Wildman–Crippen MR) is 73.3 cm³/mol. The van der Waals surface area contributed by atoms with Crippen LogP contribution in [-0.2, 0) is 6.42 Å². The first-order valence-corrected chi connectivity index (χ1v) is 6.64. The Bertz CT molecular complexity index is 326. The van der Waals surface area contributed by atoms with Crippen LogP contribution in [0.2, 0.25) is 0 Å². The minimum atomic E-state index is 0.281. The van der Waals surface area contributed by atoms with Crippen molar-refractivity contribution in [2.75, 3.05) is 27.2 Å². The molecular formula is C15H24N2. The molecule has 2 rings (SSSR count). The van der Waals surface area contributed by atoms with Crippen molar-refractivity contribution >= 4 is 0 Å². The molecule has 1 saturated heterocycles. The van der Waals surface area contributed by atoms with E-state index in [9.17, 15) is 0 Å². The van der Waals surface area contributed by atoms with Gasteiger partial charge in [-0.25, -0.2) is 0 Å². The highest BCUT2D eigenvalue weighted by atomic mass is 15.1. The van der Waals surface area contributed by atoms with Crippen LogP contribution in [-0.4, -0.2) is 37.6 Å². The number of rotatable bonds is 4. The van der Waals surface area contributed by atoms with Crippen LogP contribution in [0.1, 0.15) is 24.8 Å². The molecular weight excluding hydrogens is 208 g/mol. The maximum absolute atomic E-state index is 3.77. The lowest BCUT2D eigenvalue weighted by atomic mass is 9.83. The molecule has 17 heavy (non-hydrogen) atoms. The fourth-order valence-electron chi connectivity index (χ4n) is 2.96. The van der Waals surface area contributed by atoms with E-state index in [0.29, 0.717) is 0 Å². The molecule has 0 saturated carbocycles. The molecule has 2 heteroatoms. The first-order chi connectivity index (χ1) is 8.20. The fraction of sp³-hybridized carbons (Fsp3) is 0.600. The maximum atomic E-state index is 3.77. The monoisotopic (exact) mass is 232 g/mol. The van der Waals surface area contributed by atoms with Crippen molar-refractivity contribution in [3.05, 3.63) is 35.9 Å². The number of nitrogens with one attached hydrogen (secondary N) is 1. The van der Waals surface area contributed by atoms with Gasteiger partial charge < -0.3 is 10.2 Å². The van der Waals surface area contributed by atoms with E-state index < -0.39 is 0 Å². The first kappa shape index (κ1) is 12.6. The summed E-state index contributed by atoms with van der Waals surface area (Å²) in [4.78, 5) is 2.31. The first-order valence-electron chi connectivity index (χ1n) is 6.64. The SMILES string of the molecule is CN(C)CC1(Cc2ccccc2)CCCCN1. The Morgan fingerprint density at radius 1 is 1.18 bits per heavy atom. The zero-order valence-electron chi connectivity index (χ0n) is 11.1. The summed E-state index contributed by atoms with van der Waals surface area (Å²) < 4.78 is 0. The Kier molecular flexibility index (Phi) is 4.19. The second kappa shape index (κ2) is 5.65. The molecule has 1 N–H and O–H groups in total. The van der Waals surface area contributed by atoms with Crippen LogP contribution in [0.25, 0.3) is 0 Å². The Hall–Kier alpha value is -0.860. The van der Waals surface area contributed by atoms with Gasteiger partial charge in [0, 0.05) is 12.1 Å². The Balaban J connectivity index is 2.10. The molecule has 0 amide bonds. The third-order valence-corrected chi connectivity index (χ3v) is 3.59. The average Bonchev–Trinajstić information content (AvgIpc) is 2.30. The summed E-state index contributed by atoms with van der Waals surface area (Å²) >= 11 is 0. The van der Waals surface area contributed by atoms with Crippen molar-refractivity contribution in [2.24, 2.45) is 0 Å². The Morgan fingerprint density at radius 2 is 1.94 bits per heavy atom. The van der Waals surface area contributed by atoms with Gasteiger partial charge in [-0.05, 0) is 45.5 Å². The number of piperidine rings is 1. The average molecular weight is 232 g/mol. The quantitative estimate of drug-likeness (QED) is 0.857. The van der Waals surface area contributed by atoms with Gasteiger partial charge in [0.1, 0.15) is 0 Å². The molecule has 1 aliphatic heterocycles. The van der Waals surface area contributed by atoms with E-state index in [1.165, 1.54) is 31.4 Å². The van der Waals surface area contributed by atoms with Crippen LogP contribution in [0, 0.1) is 0 Å². The van der Waals surface area contributed by atoms with E-state index >= 15 is 0 Å². The molecule has 0 radical (unpaired) electrons. The molecule has 0 aliphatic carbocycles. The summed E-state index contributed by atoms with van der Waals surface area (Å²) in [7, 11) is 4.34. The molecule has 0 spiro atoms. The van der Waals surface area contributed by atoms with Crippen LogP contribution in [0.15, 0.2) is 30.3 Å². The Morgan fingerprint density at radius 3 is 2.53 bits per heavy atom. The minimum absolute atomic E-state index is 0.281. The summed E-state index contributed by atoms with van der Waals surface area (Å²) in [5.74, 6) is 0. The van der Waals surface area contributed by atoms with Crippen molar-refractivity contribution in [1.29, 1.82) is 0 Å². The number of likely N-dealkylation sites (N-methyl/N-ethyl adjacent to an activating group) is 1. The molecule has 1 aromatic rings. The normalized spacial score (nSPS) is 25.1. The van der Waals surface area contributed by atoms with Crippen LogP contribution in [0.3, 0.4) is 0 Å². The lowest BCUT2D eigenvalue weighted by Gasteiger charge is -2.40. The van der Waals surface area contributed by atoms with Crippen LogP contribution >= 0.6 is 0 Å². The van der Waals surface area contributed by atoms with E-state index in [2.05, 4.69) is 54.6 Å². The number of benzene rings is 1. The lowest BCUT2D eigenvalue weighted by molar-refractivity contribution is 0.188. The molecule has 0 aromatic heterocycles. The molecule has 1 unspecified atom stereocenters. The zero-order chi connectivity index (χ0) is 12.1. The van der Waals surface area contributed by atoms with E-state index in [4.69, 9.17) is 0 Å². The smallest absolute Gasteiger partial charge is 0.0349 e. The van der Waals surface area contributed by atoms with Gasteiger partial charge in [0.25, 0.3) is 0 Å². The summed E-state index contributed by atoms with van der Waals surface area (Å²) in [6.45, 7) is 2.29. The van der Waals surface area contributed by atoms with E-state index in [1.54, 1.807) is 0 Å². The van der Waals surface area contributed by atoms with E-state index in [-0.39, 0.29) is 5.54 Å². The van der Waals surface area contributed by atoms with Crippen molar-refractivity contribution in [3.8, 4) is 0 Å². The molecule has 2 nitrogen and oxygen atoms in total. The highest BCUT2D eigenvalue weighted by Crippen LogP contribution is 2.24. The number of hydrogen-bond donors (Lipinski definition) is 1. The lowest BCUT2D eigenvalue weighted by Crippen LogP contribution is -2.56. The second-order valence-electron chi connectivity index (χ2n) is 5.56. The van der Waals surface area contributed by atoms with Crippen molar-refractivity contribution in [3.63, 3.8) is 0 Å². The van der Waals surface area contributed by atoms with Gasteiger partial charge in [0.05, 0.1) is 0 Å². The molecule has 1 aliphatic rings. The topological polar surface area (TPSA) is 15.3 Å². The minimum Gasteiger partial charge on any atom is -0.310 e. The highest BCUT2D eigenvalue weighted by Gasteiger charge is 2.32. The van der Waals surface area contributed by atoms with Crippen molar-refractivity contribution in [1.82, 2.24) is 10.2 Å². The van der Waals surface area contributed by atoms with Crippen molar-refractivity contribution < 1.29 is 0 Å². The second-order valence-corrected chi connectivity index (χ2v) is 5.56.